The van der Waals surface area contributed by atoms with Gasteiger partial charge in [0.15, 0.2) is 11.5 Å². The first kappa shape index (κ1) is 21.1. The van der Waals surface area contributed by atoms with Gasteiger partial charge in [-0.25, -0.2) is 5.43 Å². The van der Waals surface area contributed by atoms with E-state index in [-0.39, 0.29) is 0 Å². The summed E-state index contributed by atoms with van der Waals surface area (Å²) in [6, 6.07) is 10.6. The van der Waals surface area contributed by atoms with Gasteiger partial charge >= 0.3 is 0 Å². The lowest BCUT2D eigenvalue weighted by Gasteiger charge is -2.16. The average molecular weight is 386 g/mol. The molecule has 0 aromatic heterocycles. The number of hydrogen-bond acceptors (Lipinski definition) is 6. The Balaban J connectivity index is 2.25. The topological polar surface area (TPSA) is 78.4 Å². The maximum atomic E-state index is 12.6. The normalized spacial score (nSPS) is 10.6. The number of carbonyl (C=O) groups excluding carboxylic acids is 1. The van der Waals surface area contributed by atoms with Crippen LogP contribution in [0.1, 0.15) is 36.7 Å². The number of hydrazone groups is 1. The van der Waals surface area contributed by atoms with Crippen LogP contribution in [-0.4, -0.2) is 39.1 Å². The van der Waals surface area contributed by atoms with E-state index in [2.05, 4.69) is 10.5 Å². The van der Waals surface area contributed by atoms with E-state index in [1.807, 2.05) is 45.0 Å². The molecule has 2 rings (SSSR count). The summed E-state index contributed by atoms with van der Waals surface area (Å²) in [6.07, 6.45) is 1.53. The van der Waals surface area contributed by atoms with Gasteiger partial charge in [0, 0.05) is 11.1 Å². The highest BCUT2D eigenvalue weighted by Crippen LogP contribution is 2.39. The highest BCUT2D eigenvalue weighted by molar-refractivity contribution is 5.96. The molecular formula is C21H26N2O5. The molecule has 28 heavy (non-hydrogen) atoms. The summed E-state index contributed by atoms with van der Waals surface area (Å²) < 4.78 is 22.2. The van der Waals surface area contributed by atoms with Gasteiger partial charge in [-0.15, -0.1) is 0 Å². The van der Waals surface area contributed by atoms with Crippen LogP contribution in [0.5, 0.6) is 23.0 Å². The van der Waals surface area contributed by atoms with E-state index in [1.54, 1.807) is 19.2 Å². The number of nitrogens with zero attached hydrogens (tertiary/aromatic N) is 1. The number of benzene rings is 2. The molecule has 7 nitrogen and oxygen atoms in total. The fourth-order valence-corrected chi connectivity index (χ4v) is 2.52. The lowest BCUT2D eigenvalue weighted by atomic mass is 10.1. The van der Waals surface area contributed by atoms with Crippen LogP contribution < -0.4 is 24.4 Å². The van der Waals surface area contributed by atoms with Crippen molar-refractivity contribution in [3.8, 4) is 23.0 Å². The number of para-hydroxylation sites is 1. The Kier molecular flexibility index (Phi) is 8.14. The van der Waals surface area contributed by atoms with Crippen LogP contribution in [0.2, 0.25) is 0 Å². The Hall–Kier alpha value is -3.22. The van der Waals surface area contributed by atoms with Crippen LogP contribution in [-0.2, 0) is 0 Å². The molecule has 0 saturated carbocycles. The molecule has 7 heteroatoms. The molecule has 0 aliphatic carbocycles. The van der Waals surface area contributed by atoms with Crippen LogP contribution in [0.25, 0.3) is 0 Å². The molecule has 1 N–H and O–H groups in total. The monoisotopic (exact) mass is 386 g/mol. The number of rotatable bonds is 10. The Bertz CT molecular complexity index is 793. The van der Waals surface area contributed by atoms with Crippen molar-refractivity contribution in [2.24, 2.45) is 5.10 Å². The van der Waals surface area contributed by atoms with E-state index in [1.165, 1.54) is 6.21 Å². The lowest BCUT2D eigenvalue weighted by Crippen LogP contribution is -2.18. The van der Waals surface area contributed by atoms with E-state index in [0.717, 1.165) is 5.56 Å². The summed E-state index contributed by atoms with van der Waals surface area (Å²) in [7, 11) is 1.58. The highest BCUT2D eigenvalue weighted by atomic mass is 16.5. The molecule has 0 heterocycles. The Morgan fingerprint density at radius 2 is 1.57 bits per heavy atom. The maximum absolute atomic E-state index is 12.6. The molecule has 0 aliphatic rings. The van der Waals surface area contributed by atoms with Gasteiger partial charge in [0.05, 0.1) is 33.1 Å². The molecular weight excluding hydrogens is 360 g/mol. The fourth-order valence-electron chi connectivity index (χ4n) is 2.52. The third-order valence-electron chi connectivity index (χ3n) is 3.68. The van der Waals surface area contributed by atoms with Gasteiger partial charge < -0.3 is 18.9 Å². The molecule has 2 aromatic carbocycles. The third kappa shape index (κ3) is 5.39. The summed E-state index contributed by atoms with van der Waals surface area (Å²) in [4.78, 5) is 12.6. The van der Waals surface area contributed by atoms with Crippen molar-refractivity contribution in [3.05, 3.63) is 47.5 Å². The molecule has 150 valence electrons. The molecule has 0 fully saturated rings. The van der Waals surface area contributed by atoms with E-state index >= 15 is 0 Å². The van der Waals surface area contributed by atoms with Crippen LogP contribution >= 0.6 is 0 Å². The summed E-state index contributed by atoms with van der Waals surface area (Å²) >= 11 is 0. The Labute approximate surface area is 165 Å². The van der Waals surface area contributed by atoms with Crippen molar-refractivity contribution in [1.29, 1.82) is 0 Å². The van der Waals surface area contributed by atoms with E-state index in [4.69, 9.17) is 18.9 Å². The fraction of sp³-hybridized carbons (Fsp3) is 0.333. The van der Waals surface area contributed by atoms with Crippen molar-refractivity contribution >= 4 is 12.1 Å². The number of ether oxygens (including phenoxy) is 4. The van der Waals surface area contributed by atoms with Gasteiger partial charge in [-0.2, -0.15) is 5.10 Å². The van der Waals surface area contributed by atoms with Crippen molar-refractivity contribution in [2.45, 2.75) is 20.8 Å². The molecule has 0 aliphatic heterocycles. The van der Waals surface area contributed by atoms with Gasteiger partial charge in [0.2, 0.25) is 5.75 Å². The van der Waals surface area contributed by atoms with Crippen molar-refractivity contribution < 1.29 is 23.7 Å². The Morgan fingerprint density at radius 3 is 2.14 bits per heavy atom. The standard InChI is InChI=1S/C21H26N2O5/c1-5-26-18-12-16(13-19(27-6-2)20(18)28-7-3)21(24)23-22-14-15-10-8-9-11-17(15)25-4/h8-14H,5-7H2,1-4H3,(H,23,24)/b22-14+. The first-order valence-corrected chi connectivity index (χ1v) is 9.17. The number of hydrogen-bond donors (Lipinski definition) is 1. The maximum Gasteiger partial charge on any atom is 0.271 e. The van der Waals surface area contributed by atoms with Gasteiger partial charge in [-0.1, -0.05) is 12.1 Å². The molecule has 0 spiro atoms. The minimum Gasteiger partial charge on any atom is -0.496 e. The minimum absolute atomic E-state index is 0.354. The molecule has 2 aromatic rings. The average Bonchev–Trinajstić information content (AvgIpc) is 2.70. The first-order chi connectivity index (χ1) is 13.6. The second-order valence-electron chi connectivity index (χ2n) is 5.54. The number of methoxy groups -OCH3 is 1. The zero-order valence-corrected chi connectivity index (χ0v) is 16.7. The number of nitrogens with one attached hydrogen (secondary N) is 1. The zero-order chi connectivity index (χ0) is 20.4. The Morgan fingerprint density at radius 1 is 0.964 bits per heavy atom. The summed E-state index contributed by atoms with van der Waals surface area (Å²) in [5, 5.41) is 4.02. The molecule has 1 amide bonds. The first-order valence-electron chi connectivity index (χ1n) is 9.17. The zero-order valence-electron chi connectivity index (χ0n) is 16.7. The molecule has 0 unspecified atom stereocenters. The SMILES string of the molecule is CCOc1cc(C(=O)N/N=C/c2ccccc2OC)cc(OCC)c1OCC. The summed E-state index contributed by atoms with van der Waals surface area (Å²) in [5.41, 5.74) is 3.62. The van der Waals surface area contributed by atoms with Crippen LogP contribution in [0.3, 0.4) is 0 Å². The van der Waals surface area contributed by atoms with Crippen molar-refractivity contribution in [2.75, 3.05) is 26.9 Å². The van der Waals surface area contributed by atoms with Gasteiger partial charge in [0.1, 0.15) is 5.75 Å². The summed E-state index contributed by atoms with van der Waals surface area (Å²) in [5.74, 6) is 1.67. The highest BCUT2D eigenvalue weighted by Gasteiger charge is 2.18. The third-order valence-corrected chi connectivity index (χ3v) is 3.68. The van der Waals surface area contributed by atoms with Crippen molar-refractivity contribution in [1.82, 2.24) is 5.43 Å². The van der Waals surface area contributed by atoms with Crippen molar-refractivity contribution in [3.63, 3.8) is 0 Å². The van der Waals surface area contributed by atoms with E-state index in [0.29, 0.717) is 48.4 Å². The number of amides is 1. The second-order valence-corrected chi connectivity index (χ2v) is 5.54. The second kappa shape index (κ2) is 10.8. The van der Waals surface area contributed by atoms with Gasteiger partial charge in [-0.05, 0) is 45.0 Å². The van der Waals surface area contributed by atoms with Crippen LogP contribution in [0, 0.1) is 0 Å². The predicted molar refractivity (Wildman–Crippen MR) is 108 cm³/mol. The van der Waals surface area contributed by atoms with Crippen LogP contribution in [0.15, 0.2) is 41.5 Å². The van der Waals surface area contributed by atoms with Gasteiger partial charge in [0.25, 0.3) is 5.91 Å². The van der Waals surface area contributed by atoms with Crippen LogP contribution in [0.4, 0.5) is 0 Å². The smallest absolute Gasteiger partial charge is 0.271 e. The molecule has 0 atom stereocenters. The summed E-state index contributed by atoms with van der Waals surface area (Å²) in [6.45, 7) is 6.92. The van der Waals surface area contributed by atoms with E-state index < -0.39 is 5.91 Å². The lowest BCUT2D eigenvalue weighted by molar-refractivity contribution is 0.0954. The predicted octanol–water partition coefficient (Wildman–Crippen LogP) is 3.66. The molecule has 0 bridgehead atoms. The largest absolute Gasteiger partial charge is 0.496 e. The quantitative estimate of drug-likeness (QED) is 0.498. The van der Waals surface area contributed by atoms with Gasteiger partial charge in [-0.3, -0.25) is 4.79 Å². The van der Waals surface area contributed by atoms with E-state index in [9.17, 15) is 4.79 Å². The molecule has 0 saturated heterocycles. The minimum atomic E-state index is -0.392. The number of carbonyl (C=O) groups is 1. The molecule has 0 radical (unpaired) electrons.